The van der Waals surface area contributed by atoms with Gasteiger partial charge >= 0.3 is 0 Å². The van der Waals surface area contributed by atoms with Gasteiger partial charge in [0, 0.05) is 5.56 Å². The lowest BCUT2D eigenvalue weighted by Gasteiger charge is -2.15. The summed E-state index contributed by atoms with van der Waals surface area (Å²) in [6.45, 7) is 1.60. The van der Waals surface area contributed by atoms with Crippen LogP contribution in [-0.2, 0) is 4.79 Å². The number of hydrogen-bond donors (Lipinski definition) is 1. The first-order chi connectivity index (χ1) is 9.61. The van der Waals surface area contributed by atoms with Crippen molar-refractivity contribution in [3.05, 3.63) is 54.1 Å². The maximum atomic E-state index is 11.1. The minimum absolute atomic E-state index is 0.523. The molecule has 2 aromatic carbocycles. The van der Waals surface area contributed by atoms with E-state index in [1.807, 2.05) is 30.3 Å². The highest BCUT2D eigenvalue weighted by Crippen LogP contribution is 2.30. The summed E-state index contributed by atoms with van der Waals surface area (Å²) in [6.07, 6.45) is -0.713. The summed E-state index contributed by atoms with van der Waals surface area (Å²) in [5.74, 6) is 0.0412. The van der Waals surface area contributed by atoms with Crippen molar-refractivity contribution in [3.63, 3.8) is 0 Å². The Morgan fingerprint density at radius 1 is 1.25 bits per heavy atom. The van der Waals surface area contributed by atoms with Crippen LogP contribution in [0.2, 0.25) is 0 Å². The molecular formula is C16H14N2O2. The van der Waals surface area contributed by atoms with E-state index in [9.17, 15) is 4.79 Å². The van der Waals surface area contributed by atoms with Crippen molar-refractivity contribution in [2.75, 3.05) is 0 Å². The minimum atomic E-state index is -0.713. The molecule has 1 atom stereocenters. The number of nitrogens with two attached hydrogens (primary N) is 1. The molecule has 0 fully saturated rings. The predicted molar refractivity (Wildman–Crippen MR) is 75.9 cm³/mol. The third-order valence-corrected chi connectivity index (χ3v) is 2.89. The van der Waals surface area contributed by atoms with Crippen molar-refractivity contribution in [2.24, 2.45) is 5.73 Å². The zero-order valence-corrected chi connectivity index (χ0v) is 11.0. The van der Waals surface area contributed by atoms with Crippen LogP contribution in [0.15, 0.2) is 48.5 Å². The Morgan fingerprint density at radius 3 is 2.70 bits per heavy atom. The second-order valence-electron chi connectivity index (χ2n) is 4.35. The fourth-order valence-electron chi connectivity index (χ4n) is 1.81. The van der Waals surface area contributed by atoms with Gasteiger partial charge in [0.2, 0.25) is 0 Å². The molecule has 0 bridgehead atoms. The smallest absolute Gasteiger partial charge is 0.258 e. The predicted octanol–water partition coefficient (Wildman–Crippen LogP) is 2.48. The van der Waals surface area contributed by atoms with Gasteiger partial charge in [0.25, 0.3) is 5.91 Å². The number of rotatable bonds is 4. The van der Waals surface area contributed by atoms with Gasteiger partial charge in [-0.15, -0.1) is 0 Å². The van der Waals surface area contributed by atoms with Crippen LogP contribution in [-0.4, -0.2) is 12.0 Å². The van der Waals surface area contributed by atoms with E-state index < -0.39 is 12.0 Å². The van der Waals surface area contributed by atoms with Gasteiger partial charge in [-0.3, -0.25) is 4.79 Å². The van der Waals surface area contributed by atoms with Crippen molar-refractivity contribution in [3.8, 4) is 22.9 Å². The lowest BCUT2D eigenvalue weighted by molar-refractivity contribution is -0.123. The van der Waals surface area contributed by atoms with Gasteiger partial charge in [-0.1, -0.05) is 30.3 Å². The number of para-hydroxylation sites is 1. The molecule has 2 N–H and O–H groups in total. The molecule has 1 amide bonds. The summed E-state index contributed by atoms with van der Waals surface area (Å²) in [4.78, 5) is 11.1. The highest BCUT2D eigenvalue weighted by atomic mass is 16.5. The molecule has 20 heavy (non-hydrogen) atoms. The molecular weight excluding hydrogens is 252 g/mol. The summed E-state index contributed by atoms with van der Waals surface area (Å²) in [5.41, 5.74) is 7.46. The summed E-state index contributed by atoms with van der Waals surface area (Å²) in [7, 11) is 0. The number of ether oxygens (including phenoxy) is 1. The molecule has 0 saturated carbocycles. The van der Waals surface area contributed by atoms with Gasteiger partial charge in [0.15, 0.2) is 6.10 Å². The molecule has 4 nitrogen and oxygen atoms in total. The quantitative estimate of drug-likeness (QED) is 0.923. The zero-order chi connectivity index (χ0) is 14.5. The van der Waals surface area contributed by atoms with Gasteiger partial charge < -0.3 is 10.5 Å². The van der Waals surface area contributed by atoms with Crippen LogP contribution in [0.4, 0.5) is 0 Å². The number of nitrogens with zero attached hydrogens (tertiary/aromatic N) is 1. The number of carbonyl (C=O) groups excluding carboxylic acids is 1. The molecule has 0 aliphatic carbocycles. The van der Waals surface area contributed by atoms with Gasteiger partial charge in [-0.05, 0) is 30.7 Å². The molecule has 0 aromatic heterocycles. The molecule has 0 unspecified atom stereocenters. The van der Waals surface area contributed by atoms with Crippen LogP contribution in [0.5, 0.6) is 5.75 Å². The first-order valence-corrected chi connectivity index (χ1v) is 6.17. The highest BCUT2D eigenvalue weighted by molar-refractivity contribution is 5.79. The number of primary amides is 1. The maximum absolute atomic E-state index is 11.1. The number of benzene rings is 2. The summed E-state index contributed by atoms with van der Waals surface area (Å²) in [5, 5.41) is 8.95. The number of hydrogen-bond acceptors (Lipinski definition) is 3. The SMILES string of the molecule is C[C@H](Oc1ccccc1-c1cccc(C#N)c1)C(N)=O. The average molecular weight is 266 g/mol. The molecule has 2 aromatic rings. The Hall–Kier alpha value is -2.80. The van der Waals surface area contributed by atoms with Gasteiger partial charge in [-0.25, -0.2) is 0 Å². The van der Waals surface area contributed by atoms with E-state index in [0.717, 1.165) is 11.1 Å². The highest BCUT2D eigenvalue weighted by Gasteiger charge is 2.13. The Morgan fingerprint density at radius 2 is 2.00 bits per heavy atom. The Balaban J connectivity index is 2.41. The van der Waals surface area contributed by atoms with E-state index in [2.05, 4.69) is 6.07 Å². The lowest BCUT2D eigenvalue weighted by Crippen LogP contribution is -2.30. The second kappa shape index (κ2) is 5.89. The lowest BCUT2D eigenvalue weighted by atomic mass is 10.0. The van der Waals surface area contributed by atoms with E-state index in [-0.39, 0.29) is 0 Å². The van der Waals surface area contributed by atoms with Crippen LogP contribution < -0.4 is 10.5 Å². The number of nitriles is 1. The van der Waals surface area contributed by atoms with Crippen LogP contribution in [0, 0.1) is 11.3 Å². The third kappa shape index (κ3) is 2.96. The normalized spacial score (nSPS) is 11.4. The van der Waals surface area contributed by atoms with Crippen molar-refractivity contribution in [2.45, 2.75) is 13.0 Å². The van der Waals surface area contributed by atoms with Gasteiger partial charge in [-0.2, -0.15) is 5.26 Å². The molecule has 0 aliphatic rings. The molecule has 0 aliphatic heterocycles. The Bertz CT molecular complexity index is 674. The molecule has 100 valence electrons. The summed E-state index contributed by atoms with van der Waals surface area (Å²) >= 11 is 0. The molecule has 0 spiro atoms. The summed E-state index contributed by atoms with van der Waals surface area (Å²) < 4.78 is 5.58. The van der Waals surface area contributed by atoms with Crippen molar-refractivity contribution < 1.29 is 9.53 Å². The minimum Gasteiger partial charge on any atom is -0.480 e. The fourth-order valence-corrected chi connectivity index (χ4v) is 1.81. The van der Waals surface area contributed by atoms with E-state index in [4.69, 9.17) is 15.7 Å². The van der Waals surface area contributed by atoms with Crippen LogP contribution in [0.25, 0.3) is 11.1 Å². The van der Waals surface area contributed by atoms with Crippen LogP contribution in [0.1, 0.15) is 12.5 Å². The second-order valence-corrected chi connectivity index (χ2v) is 4.35. The standard InChI is InChI=1S/C16H14N2O2/c1-11(16(18)19)20-15-8-3-2-7-14(15)13-6-4-5-12(9-13)10-17/h2-9,11H,1H3,(H2,18,19)/t11-/m0/s1. The number of amides is 1. The maximum Gasteiger partial charge on any atom is 0.258 e. The average Bonchev–Trinajstić information content (AvgIpc) is 2.47. The monoisotopic (exact) mass is 266 g/mol. The fraction of sp³-hybridized carbons (Fsp3) is 0.125. The van der Waals surface area contributed by atoms with Gasteiger partial charge in [0.1, 0.15) is 5.75 Å². The zero-order valence-electron chi connectivity index (χ0n) is 11.0. The van der Waals surface area contributed by atoms with Gasteiger partial charge in [0.05, 0.1) is 11.6 Å². The van der Waals surface area contributed by atoms with E-state index in [1.54, 1.807) is 25.1 Å². The van der Waals surface area contributed by atoms with E-state index in [1.165, 1.54) is 0 Å². The van der Waals surface area contributed by atoms with E-state index >= 15 is 0 Å². The van der Waals surface area contributed by atoms with Crippen LogP contribution in [0.3, 0.4) is 0 Å². The third-order valence-electron chi connectivity index (χ3n) is 2.89. The first kappa shape index (κ1) is 13.6. The summed E-state index contributed by atoms with van der Waals surface area (Å²) in [6, 6.07) is 16.6. The Kier molecular flexibility index (Phi) is 4.02. The Labute approximate surface area is 117 Å². The van der Waals surface area contributed by atoms with Crippen molar-refractivity contribution in [1.82, 2.24) is 0 Å². The first-order valence-electron chi connectivity index (χ1n) is 6.17. The van der Waals surface area contributed by atoms with Crippen molar-refractivity contribution in [1.29, 1.82) is 5.26 Å². The van der Waals surface area contributed by atoms with E-state index in [0.29, 0.717) is 11.3 Å². The van der Waals surface area contributed by atoms with Crippen LogP contribution >= 0.6 is 0 Å². The van der Waals surface area contributed by atoms with Crippen molar-refractivity contribution >= 4 is 5.91 Å². The topological polar surface area (TPSA) is 76.1 Å². The number of carbonyl (C=O) groups is 1. The molecule has 0 radical (unpaired) electrons. The molecule has 0 saturated heterocycles. The molecule has 4 heteroatoms. The largest absolute Gasteiger partial charge is 0.480 e. The molecule has 2 rings (SSSR count). The molecule has 0 heterocycles.